The molecule has 1 N–H and O–H groups in total. The molecule has 27 heavy (non-hydrogen) atoms. The lowest BCUT2D eigenvalue weighted by atomic mass is 10.1. The minimum atomic E-state index is -0.215. The second kappa shape index (κ2) is 8.91. The first kappa shape index (κ1) is 19.2. The van der Waals surface area contributed by atoms with Crippen LogP contribution in [-0.2, 0) is 11.2 Å². The summed E-state index contributed by atoms with van der Waals surface area (Å²) in [5, 5.41) is 3.63. The first-order valence-corrected chi connectivity index (χ1v) is 10.0. The zero-order valence-electron chi connectivity index (χ0n) is 16.0. The molecule has 0 saturated carbocycles. The molecule has 140 valence electrons. The molecule has 5 heteroatoms. The number of hydrogen-bond donors (Lipinski definition) is 1. The highest BCUT2D eigenvalue weighted by atomic mass is 32.2. The van der Waals surface area contributed by atoms with Gasteiger partial charge in [-0.1, -0.05) is 48.2 Å². The van der Waals surface area contributed by atoms with E-state index in [0.717, 1.165) is 17.3 Å². The minimum Gasteiger partial charge on any atom is -0.355 e. The molecule has 0 fully saturated rings. The Balaban J connectivity index is 1.60. The van der Waals surface area contributed by atoms with Gasteiger partial charge < -0.3 is 5.32 Å². The lowest BCUT2D eigenvalue weighted by Gasteiger charge is -2.14. The van der Waals surface area contributed by atoms with Gasteiger partial charge in [-0.2, -0.15) is 0 Å². The summed E-state index contributed by atoms with van der Waals surface area (Å²) in [6, 6.07) is 16.6. The first-order valence-electron chi connectivity index (χ1n) is 9.13. The molecule has 0 aliphatic carbocycles. The average Bonchev–Trinajstić information content (AvgIpc) is 3.10. The molecule has 1 heterocycles. The third kappa shape index (κ3) is 5.23. The maximum absolute atomic E-state index is 12.4. The van der Waals surface area contributed by atoms with Crippen molar-refractivity contribution < 1.29 is 4.79 Å². The Morgan fingerprint density at radius 1 is 1.15 bits per heavy atom. The second-order valence-corrected chi connectivity index (χ2v) is 8.02. The summed E-state index contributed by atoms with van der Waals surface area (Å²) in [5.41, 5.74) is 4.72. The highest BCUT2D eigenvalue weighted by Crippen LogP contribution is 2.25. The van der Waals surface area contributed by atoms with E-state index in [1.165, 1.54) is 28.5 Å². The molecule has 1 atom stereocenters. The van der Waals surface area contributed by atoms with Crippen LogP contribution in [0.1, 0.15) is 23.6 Å². The number of nitrogens with zero attached hydrogens (tertiary/aromatic N) is 2. The van der Waals surface area contributed by atoms with Crippen LogP contribution in [0, 0.1) is 13.8 Å². The van der Waals surface area contributed by atoms with Crippen molar-refractivity contribution in [1.82, 2.24) is 14.9 Å². The summed E-state index contributed by atoms with van der Waals surface area (Å²) in [7, 11) is 0. The number of carbonyl (C=O) groups is 1. The quantitative estimate of drug-likeness (QED) is 0.622. The summed E-state index contributed by atoms with van der Waals surface area (Å²) in [6.07, 6.45) is 4.55. The number of benzene rings is 2. The van der Waals surface area contributed by atoms with Crippen LogP contribution in [0.5, 0.6) is 0 Å². The first-order chi connectivity index (χ1) is 13.0. The van der Waals surface area contributed by atoms with E-state index in [1.807, 2.05) is 35.9 Å². The van der Waals surface area contributed by atoms with Crippen molar-refractivity contribution in [3.05, 3.63) is 77.6 Å². The Morgan fingerprint density at radius 3 is 2.56 bits per heavy atom. The number of amides is 1. The average molecular weight is 380 g/mol. The molecular formula is C22H25N3OS. The number of thioether (sulfide) groups is 1. The van der Waals surface area contributed by atoms with Gasteiger partial charge in [0.05, 0.1) is 5.25 Å². The van der Waals surface area contributed by atoms with Crippen LogP contribution in [0.25, 0.3) is 5.69 Å². The highest BCUT2D eigenvalue weighted by Gasteiger charge is 2.17. The van der Waals surface area contributed by atoms with Crippen molar-refractivity contribution in [3.8, 4) is 5.69 Å². The monoisotopic (exact) mass is 379 g/mol. The van der Waals surface area contributed by atoms with Crippen molar-refractivity contribution in [2.45, 2.75) is 37.6 Å². The van der Waals surface area contributed by atoms with Gasteiger partial charge in [-0.25, -0.2) is 4.98 Å². The van der Waals surface area contributed by atoms with Gasteiger partial charge >= 0.3 is 0 Å². The molecule has 0 aliphatic rings. The van der Waals surface area contributed by atoms with Crippen LogP contribution < -0.4 is 5.32 Å². The fourth-order valence-corrected chi connectivity index (χ4v) is 3.90. The number of imidazole rings is 1. The zero-order chi connectivity index (χ0) is 19.2. The fourth-order valence-electron chi connectivity index (χ4n) is 2.99. The van der Waals surface area contributed by atoms with Gasteiger partial charge in [0, 0.05) is 24.6 Å². The van der Waals surface area contributed by atoms with Gasteiger partial charge in [0.1, 0.15) is 0 Å². The van der Waals surface area contributed by atoms with Crippen molar-refractivity contribution in [2.24, 2.45) is 0 Å². The molecule has 0 saturated heterocycles. The van der Waals surface area contributed by atoms with Crippen molar-refractivity contribution in [1.29, 1.82) is 0 Å². The van der Waals surface area contributed by atoms with Crippen molar-refractivity contribution in [2.75, 3.05) is 6.54 Å². The van der Waals surface area contributed by atoms with Gasteiger partial charge in [0.2, 0.25) is 5.91 Å². The Morgan fingerprint density at radius 2 is 1.85 bits per heavy atom. The normalized spacial score (nSPS) is 12.0. The molecule has 1 aromatic heterocycles. The molecule has 0 spiro atoms. The molecular weight excluding hydrogens is 354 g/mol. The van der Waals surface area contributed by atoms with E-state index in [2.05, 4.69) is 54.5 Å². The van der Waals surface area contributed by atoms with Crippen LogP contribution in [0.3, 0.4) is 0 Å². The van der Waals surface area contributed by atoms with Gasteiger partial charge in [-0.15, -0.1) is 0 Å². The summed E-state index contributed by atoms with van der Waals surface area (Å²) in [5.74, 6) is 0.0332. The number of aryl methyl sites for hydroxylation is 2. The Hall–Kier alpha value is -2.53. The summed E-state index contributed by atoms with van der Waals surface area (Å²) < 4.78 is 2.04. The van der Waals surface area contributed by atoms with Gasteiger partial charge in [-0.05, 0) is 56.0 Å². The predicted molar refractivity (Wildman–Crippen MR) is 112 cm³/mol. The topological polar surface area (TPSA) is 46.9 Å². The van der Waals surface area contributed by atoms with Gasteiger partial charge in [-0.3, -0.25) is 9.36 Å². The second-order valence-electron chi connectivity index (χ2n) is 6.71. The van der Waals surface area contributed by atoms with Gasteiger partial charge in [0.15, 0.2) is 5.16 Å². The maximum atomic E-state index is 12.4. The summed E-state index contributed by atoms with van der Waals surface area (Å²) in [6.45, 7) is 6.73. The van der Waals surface area contributed by atoms with E-state index in [4.69, 9.17) is 0 Å². The smallest absolute Gasteiger partial charge is 0.233 e. The number of carbonyl (C=O) groups excluding carboxylic acids is 1. The lowest BCUT2D eigenvalue weighted by Crippen LogP contribution is -2.32. The van der Waals surface area contributed by atoms with Crippen LogP contribution in [0.15, 0.2) is 66.1 Å². The van der Waals surface area contributed by atoms with Crippen molar-refractivity contribution >= 4 is 17.7 Å². The molecule has 2 aromatic carbocycles. The molecule has 0 radical (unpaired) electrons. The van der Waals surface area contributed by atoms with E-state index >= 15 is 0 Å². The molecule has 0 bridgehead atoms. The molecule has 1 unspecified atom stereocenters. The number of aromatic nitrogens is 2. The fraction of sp³-hybridized carbons (Fsp3) is 0.273. The van der Waals surface area contributed by atoms with Gasteiger partial charge in [0.25, 0.3) is 0 Å². The molecule has 4 nitrogen and oxygen atoms in total. The van der Waals surface area contributed by atoms with Crippen LogP contribution >= 0.6 is 11.8 Å². The Labute approximate surface area is 165 Å². The summed E-state index contributed by atoms with van der Waals surface area (Å²) >= 11 is 1.48. The largest absolute Gasteiger partial charge is 0.355 e. The third-order valence-electron chi connectivity index (χ3n) is 4.30. The summed E-state index contributed by atoms with van der Waals surface area (Å²) in [4.78, 5) is 16.9. The number of nitrogens with one attached hydrogen (secondary N) is 1. The zero-order valence-corrected chi connectivity index (χ0v) is 16.8. The highest BCUT2D eigenvalue weighted by molar-refractivity contribution is 8.00. The molecule has 1 amide bonds. The lowest BCUT2D eigenvalue weighted by molar-refractivity contribution is -0.120. The number of rotatable bonds is 7. The molecule has 3 rings (SSSR count). The van der Waals surface area contributed by atoms with E-state index in [0.29, 0.717) is 6.54 Å². The standard InChI is InChI=1S/C22H25N3OS/c1-16-13-17(2)15-20(14-16)25-12-11-24-22(25)27-18(3)21(26)23-10-9-19-7-5-4-6-8-19/h4-8,11-15,18H,9-10H2,1-3H3,(H,23,26). The Kier molecular flexibility index (Phi) is 6.35. The Bertz CT molecular complexity index is 885. The SMILES string of the molecule is Cc1cc(C)cc(-n2ccnc2SC(C)C(=O)NCCc2ccccc2)c1. The third-order valence-corrected chi connectivity index (χ3v) is 5.38. The van der Waals surface area contributed by atoms with E-state index in [1.54, 1.807) is 6.20 Å². The van der Waals surface area contributed by atoms with E-state index in [-0.39, 0.29) is 11.2 Å². The van der Waals surface area contributed by atoms with Crippen LogP contribution in [0.4, 0.5) is 0 Å². The molecule has 3 aromatic rings. The maximum Gasteiger partial charge on any atom is 0.233 e. The van der Waals surface area contributed by atoms with Crippen LogP contribution in [-0.4, -0.2) is 27.3 Å². The minimum absolute atomic E-state index is 0.0332. The predicted octanol–water partition coefficient (Wildman–Crippen LogP) is 4.33. The van der Waals surface area contributed by atoms with Crippen molar-refractivity contribution in [3.63, 3.8) is 0 Å². The van der Waals surface area contributed by atoms with Crippen LogP contribution in [0.2, 0.25) is 0 Å². The van der Waals surface area contributed by atoms with E-state index in [9.17, 15) is 4.79 Å². The molecule has 0 aliphatic heterocycles. The van der Waals surface area contributed by atoms with E-state index < -0.39 is 0 Å². The number of hydrogen-bond acceptors (Lipinski definition) is 3.